The predicted octanol–water partition coefficient (Wildman–Crippen LogP) is 3.82. The minimum atomic E-state index is -0.102. The lowest BCUT2D eigenvalue weighted by Crippen LogP contribution is -2.43. The van der Waals surface area contributed by atoms with Crippen LogP contribution in [-0.4, -0.2) is 47.1 Å². The molecular formula is C26H29N5O3. The van der Waals surface area contributed by atoms with E-state index in [1.165, 1.54) is 0 Å². The summed E-state index contributed by atoms with van der Waals surface area (Å²) in [5.74, 6) is 2.21. The van der Waals surface area contributed by atoms with Gasteiger partial charge in [0.25, 0.3) is 0 Å². The minimum Gasteiger partial charge on any atom is -0.493 e. The van der Waals surface area contributed by atoms with Crippen LogP contribution < -0.4 is 19.7 Å². The summed E-state index contributed by atoms with van der Waals surface area (Å²) in [6.45, 7) is 4.45. The van der Waals surface area contributed by atoms with Gasteiger partial charge in [0.05, 0.1) is 30.7 Å². The molecule has 1 saturated heterocycles. The summed E-state index contributed by atoms with van der Waals surface area (Å²) in [7, 11) is 1.62. The SMILES string of the molecule is CCOc1ccc(CNC(=O)C2CCCN(c3nc4ncccc4n4cccc34)C2)cc1OC. The maximum absolute atomic E-state index is 13.1. The van der Waals surface area contributed by atoms with Crippen molar-refractivity contribution >= 4 is 28.4 Å². The molecule has 0 bridgehead atoms. The average molecular weight is 460 g/mol. The maximum atomic E-state index is 13.1. The number of nitrogens with one attached hydrogen (secondary N) is 1. The van der Waals surface area contributed by atoms with Gasteiger partial charge in [0.1, 0.15) is 0 Å². The van der Waals surface area contributed by atoms with Crippen LogP contribution in [0.4, 0.5) is 5.82 Å². The van der Waals surface area contributed by atoms with Gasteiger partial charge in [-0.25, -0.2) is 9.97 Å². The number of anilines is 1. The van der Waals surface area contributed by atoms with Gasteiger partial charge in [-0.2, -0.15) is 0 Å². The highest BCUT2D eigenvalue weighted by Crippen LogP contribution is 2.30. The van der Waals surface area contributed by atoms with Crippen LogP contribution in [0.25, 0.3) is 16.7 Å². The number of rotatable bonds is 7. The Morgan fingerprint density at radius 1 is 1.18 bits per heavy atom. The lowest BCUT2D eigenvalue weighted by molar-refractivity contribution is -0.125. The summed E-state index contributed by atoms with van der Waals surface area (Å²) >= 11 is 0. The van der Waals surface area contributed by atoms with Gasteiger partial charge in [0, 0.05) is 32.0 Å². The lowest BCUT2D eigenvalue weighted by Gasteiger charge is -2.33. The number of hydrogen-bond donors (Lipinski definition) is 1. The Morgan fingerprint density at radius 2 is 2.06 bits per heavy atom. The average Bonchev–Trinajstić information content (AvgIpc) is 3.38. The van der Waals surface area contributed by atoms with Crippen LogP contribution in [0.3, 0.4) is 0 Å². The Hall–Kier alpha value is -3.81. The first-order valence-electron chi connectivity index (χ1n) is 11.7. The molecule has 1 unspecified atom stereocenters. The Bertz CT molecular complexity index is 1320. The third-order valence-corrected chi connectivity index (χ3v) is 6.30. The van der Waals surface area contributed by atoms with Crippen molar-refractivity contribution in [2.24, 2.45) is 5.92 Å². The molecule has 8 nitrogen and oxygen atoms in total. The van der Waals surface area contributed by atoms with Crippen LogP contribution >= 0.6 is 0 Å². The van der Waals surface area contributed by atoms with Gasteiger partial charge < -0.3 is 24.1 Å². The Balaban J connectivity index is 1.30. The van der Waals surface area contributed by atoms with E-state index in [2.05, 4.69) is 25.7 Å². The van der Waals surface area contributed by atoms with E-state index in [9.17, 15) is 4.79 Å². The van der Waals surface area contributed by atoms with Gasteiger partial charge in [-0.1, -0.05) is 6.07 Å². The van der Waals surface area contributed by atoms with Crippen LogP contribution in [-0.2, 0) is 11.3 Å². The van der Waals surface area contributed by atoms with Crippen LogP contribution in [0.5, 0.6) is 11.5 Å². The molecule has 1 aliphatic heterocycles. The van der Waals surface area contributed by atoms with Crippen LogP contribution in [0.15, 0.2) is 54.9 Å². The molecule has 0 saturated carbocycles. The van der Waals surface area contributed by atoms with Crippen molar-refractivity contribution in [3.05, 3.63) is 60.4 Å². The molecule has 3 aromatic heterocycles. The highest BCUT2D eigenvalue weighted by atomic mass is 16.5. The van der Waals surface area contributed by atoms with Crippen molar-refractivity contribution in [2.45, 2.75) is 26.3 Å². The van der Waals surface area contributed by atoms with Crippen LogP contribution in [0.1, 0.15) is 25.3 Å². The molecule has 0 radical (unpaired) electrons. The zero-order chi connectivity index (χ0) is 23.5. The molecule has 1 fully saturated rings. The fourth-order valence-corrected chi connectivity index (χ4v) is 4.64. The number of carbonyl (C=O) groups excluding carboxylic acids is 1. The second kappa shape index (κ2) is 9.59. The Kier molecular flexibility index (Phi) is 6.20. The highest BCUT2D eigenvalue weighted by Gasteiger charge is 2.28. The van der Waals surface area contributed by atoms with Crippen LogP contribution in [0.2, 0.25) is 0 Å². The second-order valence-corrected chi connectivity index (χ2v) is 8.47. The number of methoxy groups -OCH3 is 1. The topological polar surface area (TPSA) is 81.0 Å². The van der Waals surface area contributed by atoms with Crippen LogP contribution in [0, 0.1) is 5.92 Å². The predicted molar refractivity (Wildman–Crippen MR) is 131 cm³/mol. The first kappa shape index (κ1) is 22.0. The number of fused-ring (bicyclic) bond motifs is 3. The van der Waals surface area contributed by atoms with E-state index in [0.29, 0.717) is 36.8 Å². The molecule has 1 aromatic carbocycles. The largest absolute Gasteiger partial charge is 0.493 e. The first-order valence-corrected chi connectivity index (χ1v) is 11.7. The third kappa shape index (κ3) is 4.23. The van der Waals surface area contributed by atoms with Crippen molar-refractivity contribution in [1.29, 1.82) is 0 Å². The van der Waals surface area contributed by atoms with Crippen molar-refractivity contribution in [1.82, 2.24) is 19.7 Å². The van der Waals surface area contributed by atoms with Gasteiger partial charge in [-0.15, -0.1) is 0 Å². The molecule has 4 aromatic rings. The fraction of sp³-hybridized carbons (Fsp3) is 0.346. The summed E-state index contributed by atoms with van der Waals surface area (Å²) < 4.78 is 13.1. The number of benzene rings is 1. The summed E-state index contributed by atoms with van der Waals surface area (Å²) in [6.07, 6.45) is 5.59. The van der Waals surface area contributed by atoms with Gasteiger partial charge >= 0.3 is 0 Å². The first-order chi connectivity index (χ1) is 16.7. The van der Waals surface area contributed by atoms with Crippen molar-refractivity contribution in [2.75, 3.05) is 31.7 Å². The Morgan fingerprint density at radius 3 is 2.91 bits per heavy atom. The summed E-state index contributed by atoms with van der Waals surface area (Å²) in [4.78, 5) is 24.6. The quantitative estimate of drug-likeness (QED) is 0.453. The van der Waals surface area contributed by atoms with E-state index < -0.39 is 0 Å². The second-order valence-electron chi connectivity index (χ2n) is 8.47. The van der Waals surface area contributed by atoms with Crippen molar-refractivity contribution < 1.29 is 14.3 Å². The molecule has 34 heavy (non-hydrogen) atoms. The normalized spacial score (nSPS) is 16.1. The number of hydrogen-bond acceptors (Lipinski definition) is 6. The third-order valence-electron chi connectivity index (χ3n) is 6.30. The molecule has 1 amide bonds. The van der Waals surface area contributed by atoms with Crippen molar-refractivity contribution in [3.63, 3.8) is 0 Å². The maximum Gasteiger partial charge on any atom is 0.225 e. The number of pyridine rings is 1. The summed E-state index contributed by atoms with van der Waals surface area (Å²) in [5, 5.41) is 3.11. The number of ether oxygens (including phenoxy) is 2. The van der Waals surface area contributed by atoms with Gasteiger partial charge in [-0.3, -0.25) is 4.79 Å². The molecule has 1 atom stereocenters. The van der Waals surface area contributed by atoms with E-state index in [4.69, 9.17) is 14.5 Å². The van der Waals surface area contributed by atoms with Gasteiger partial charge in [0.15, 0.2) is 23.0 Å². The fourth-order valence-electron chi connectivity index (χ4n) is 4.64. The molecule has 1 N–H and O–H groups in total. The van der Waals surface area contributed by atoms with E-state index >= 15 is 0 Å². The number of carbonyl (C=O) groups is 1. The summed E-state index contributed by atoms with van der Waals surface area (Å²) in [6, 6.07) is 13.8. The number of piperidine rings is 1. The smallest absolute Gasteiger partial charge is 0.225 e. The van der Waals surface area contributed by atoms with E-state index in [1.54, 1.807) is 13.3 Å². The number of aromatic nitrogens is 3. The van der Waals surface area contributed by atoms with E-state index in [0.717, 1.165) is 41.8 Å². The monoisotopic (exact) mass is 459 g/mol. The van der Waals surface area contributed by atoms with Gasteiger partial charge in [-0.05, 0) is 61.7 Å². The van der Waals surface area contributed by atoms with E-state index in [-0.39, 0.29) is 11.8 Å². The van der Waals surface area contributed by atoms with Gasteiger partial charge in [0.2, 0.25) is 5.91 Å². The molecular weight excluding hydrogens is 430 g/mol. The molecule has 176 valence electrons. The highest BCUT2D eigenvalue weighted by molar-refractivity contribution is 5.84. The standard InChI is InChI=1S/C26H29N5O3/c1-3-34-22-11-10-18(15-23(22)33-2)16-28-26(32)19-7-5-13-30(17-19)25-21-9-6-14-31(21)20-8-4-12-27-24(20)29-25/h4,6,8-12,14-15,19H,3,5,7,13,16-17H2,1-2H3,(H,28,32). The molecule has 4 heterocycles. The molecule has 1 aliphatic rings. The minimum absolute atomic E-state index is 0.0582. The Labute approximate surface area is 198 Å². The molecule has 0 spiro atoms. The summed E-state index contributed by atoms with van der Waals surface area (Å²) in [5.41, 5.74) is 3.68. The molecule has 0 aliphatic carbocycles. The zero-order valence-corrected chi connectivity index (χ0v) is 19.5. The molecule has 5 rings (SSSR count). The lowest BCUT2D eigenvalue weighted by atomic mass is 9.97. The number of amides is 1. The van der Waals surface area contributed by atoms with E-state index in [1.807, 2.05) is 49.5 Å². The number of nitrogens with zero attached hydrogens (tertiary/aromatic N) is 4. The van der Waals surface area contributed by atoms with Crippen molar-refractivity contribution in [3.8, 4) is 11.5 Å². The zero-order valence-electron chi connectivity index (χ0n) is 19.5. The molecule has 8 heteroatoms.